The highest BCUT2D eigenvalue weighted by atomic mass is 35.5. The molecule has 2 rings (SSSR count). The van der Waals surface area contributed by atoms with Crippen molar-refractivity contribution in [3.8, 4) is 0 Å². The van der Waals surface area contributed by atoms with E-state index in [1.807, 2.05) is 12.1 Å². The smallest absolute Gasteiger partial charge is 0.0453 e. The third-order valence-corrected chi connectivity index (χ3v) is 4.29. The third kappa shape index (κ3) is 3.95. The van der Waals surface area contributed by atoms with Gasteiger partial charge in [-0.25, -0.2) is 0 Å². The molecule has 0 saturated carbocycles. The third-order valence-electron chi connectivity index (χ3n) is 3.95. The Labute approximate surface area is 122 Å². The van der Waals surface area contributed by atoms with Gasteiger partial charge in [-0.1, -0.05) is 43.6 Å². The van der Waals surface area contributed by atoms with Crippen LogP contribution in [0.25, 0.3) is 0 Å². The highest BCUT2D eigenvalue weighted by Crippen LogP contribution is 2.28. The van der Waals surface area contributed by atoms with Crippen LogP contribution >= 0.6 is 11.6 Å². The van der Waals surface area contributed by atoms with Gasteiger partial charge in [-0.2, -0.15) is 0 Å². The van der Waals surface area contributed by atoms with Gasteiger partial charge in [0.15, 0.2) is 0 Å². The zero-order chi connectivity index (χ0) is 13.8. The van der Waals surface area contributed by atoms with E-state index in [1.165, 1.54) is 12.0 Å². The second kappa shape index (κ2) is 6.74. The van der Waals surface area contributed by atoms with Crippen LogP contribution in [0.1, 0.15) is 38.8 Å². The predicted octanol–water partition coefficient (Wildman–Crippen LogP) is 3.72. The quantitative estimate of drug-likeness (QED) is 0.904. The van der Waals surface area contributed by atoms with Crippen LogP contribution < -0.4 is 5.32 Å². The van der Waals surface area contributed by atoms with E-state index in [1.54, 1.807) is 0 Å². The number of halogens is 1. The molecule has 1 heterocycles. The van der Waals surface area contributed by atoms with Gasteiger partial charge in [-0.05, 0) is 30.9 Å². The lowest BCUT2D eigenvalue weighted by Gasteiger charge is -2.38. The number of rotatable bonds is 4. The summed E-state index contributed by atoms with van der Waals surface area (Å²) >= 11 is 6.32. The molecule has 1 aliphatic rings. The highest BCUT2D eigenvalue weighted by molar-refractivity contribution is 6.31. The standard InChI is InChI=1S/C16H25ClN2/c1-12(2)10-14-11-19(9-8-18-14)13(3)15-6-4-5-7-16(15)17/h4-7,12-14,18H,8-11H2,1-3H3. The summed E-state index contributed by atoms with van der Waals surface area (Å²) in [6, 6.07) is 9.21. The van der Waals surface area contributed by atoms with E-state index in [0.717, 1.165) is 30.6 Å². The van der Waals surface area contributed by atoms with Crippen molar-refractivity contribution < 1.29 is 0 Å². The zero-order valence-electron chi connectivity index (χ0n) is 12.2. The van der Waals surface area contributed by atoms with E-state index >= 15 is 0 Å². The Hall–Kier alpha value is -0.570. The van der Waals surface area contributed by atoms with Gasteiger partial charge in [0.25, 0.3) is 0 Å². The summed E-state index contributed by atoms with van der Waals surface area (Å²) in [7, 11) is 0. The van der Waals surface area contributed by atoms with Crippen LogP contribution in [0.4, 0.5) is 0 Å². The lowest BCUT2D eigenvalue weighted by molar-refractivity contribution is 0.144. The molecule has 0 aliphatic carbocycles. The summed E-state index contributed by atoms with van der Waals surface area (Å²) in [4.78, 5) is 2.55. The maximum absolute atomic E-state index is 6.32. The molecule has 0 radical (unpaired) electrons. The molecule has 1 aromatic rings. The van der Waals surface area contributed by atoms with Gasteiger partial charge >= 0.3 is 0 Å². The molecule has 106 valence electrons. The van der Waals surface area contributed by atoms with Gasteiger partial charge in [0.05, 0.1) is 0 Å². The first-order chi connectivity index (χ1) is 9.08. The van der Waals surface area contributed by atoms with Crippen molar-refractivity contribution >= 4 is 11.6 Å². The predicted molar refractivity (Wildman–Crippen MR) is 82.7 cm³/mol. The molecule has 0 spiro atoms. The summed E-state index contributed by atoms with van der Waals surface area (Å²) in [5, 5.41) is 4.51. The number of piperazine rings is 1. The van der Waals surface area contributed by atoms with Gasteiger partial charge in [0.1, 0.15) is 0 Å². The van der Waals surface area contributed by atoms with E-state index in [-0.39, 0.29) is 0 Å². The van der Waals surface area contributed by atoms with Crippen molar-refractivity contribution in [3.05, 3.63) is 34.9 Å². The molecule has 2 atom stereocenters. The molecule has 0 bridgehead atoms. The Morgan fingerprint density at radius 2 is 2.05 bits per heavy atom. The molecule has 2 nitrogen and oxygen atoms in total. The van der Waals surface area contributed by atoms with Crippen molar-refractivity contribution in [1.29, 1.82) is 0 Å². The van der Waals surface area contributed by atoms with Gasteiger partial charge < -0.3 is 5.32 Å². The molecule has 2 unspecified atom stereocenters. The van der Waals surface area contributed by atoms with Crippen LogP contribution in [0.3, 0.4) is 0 Å². The van der Waals surface area contributed by atoms with Gasteiger partial charge in [0, 0.05) is 36.7 Å². The second-order valence-corrected chi connectivity index (χ2v) is 6.38. The molecule has 3 heteroatoms. The second-order valence-electron chi connectivity index (χ2n) is 5.97. The van der Waals surface area contributed by atoms with Crippen LogP contribution in [-0.4, -0.2) is 30.6 Å². The summed E-state index contributed by atoms with van der Waals surface area (Å²) in [6.07, 6.45) is 1.24. The Balaban J connectivity index is 2.03. The lowest BCUT2D eigenvalue weighted by Crippen LogP contribution is -2.51. The monoisotopic (exact) mass is 280 g/mol. The highest BCUT2D eigenvalue weighted by Gasteiger charge is 2.25. The van der Waals surface area contributed by atoms with Crippen molar-refractivity contribution in [2.24, 2.45) is 5.92 Å². The zero-order valence-corrected chi connectivity index (χ0v) is 13.0. The minimum Gasteiger partial charge on any atom is -0.311 e. The topological polar surface area (TPSA) is 15.3 Å². The summed E-state index contributed by atoms with van der Waals surface area (Å²) in [5.74, 6) is 0.744. The number of benzene rings is 1. The van der Waals surface area contributed by atoms with E-state index in [9.17, 15) is 0 Å². The Kier molecular flexibility index (Phi) is 5.26. The largest absolute Gasteiger partial charge is 0.311 e. The maximum atomic E-state index is 6.32. The molecule has 1 fully saturated rings. The molecule has 19 heavy (non-hydrogen) atoms. The van der Waals surface area contributed by atoms with Crippen molar-refractivity contribution in [1.82, 2.24) is 10.2 Å². The minimum atomic E-state index is 0.394. The van der Waals surface area contributed by atoms with Crippen molar-refractivity contribution in [2.45, 2.75) is 39.3 Å². The van der Waals surface area contributed by atoms with Gasteiger partial charge in [0.2, 0.25) is 0 Å². The normalized spacial score (nSPS) is 22.7. The van der Waals surface area contributed by atoms with Crippen LogP contribution in [0, 0.1) is 5.92 Å². The lowest BCUT2D eigenvalue weighted by atomic mass is 9.99. The minimum absolute atomic E-state index is 0.394. The first kappa shape index (κ1) is 14.8. The Morgan fingerprint density at radius 1 is 1.32 bits per heavy atom. The molecule has 0 amide bonds. The van der Waals surface area contributed by atoms with E-state index < -0.39 is 0 Å². The number of nitrogens with one attached hydrogen (secondary N) is 1. The van der Waals surface area contributed by atoms with E-state index in [2.05, 4.69) is 43.1 Å². The number of hydrogen-bond acceptors (Lipinski definition) is 2. The fourth-order valence-electron chi connectivity index (χ4n) is 2.94. The Morgan fingerprint density at radius 3 is 2.74 bits per heavy atom. The van der Waals surface area contributed by atoms with Crippen molar-refractivity contribution in [2.75, 3.05) is 19.6 Å². The van der Waals surface area contributed by atoms with Crippen LogP contribution in [0.5, 0.6) is 0 Å². The SMILES string of the molecule is CC(C)CC1CN(C(C)c2ccccc2Cl)CCN1. The number of hydrogen-bond donors (Lipinski definition) is 1. The molecule has 1 saturated heterocycles. The first-order valence-electron chi connectivity index (χ1n) is 7.29. The number of nitrogens with zero attached hydrogens (tertiary/aromatic N) is 1. The average molecular weight is 281 g/mol. The van der Waals surface area contributed by atoms with Gasteiger partial charge in [-0.15, -0.1) is 0 Å². The molecular weight excluding hydrogens is 256 g/mol. The average Bonchev–Trinajstić information content (AvgIpc) is 2.38. The fraction of sp³-hybridized carbons (Fsp3) is 0.625. The Bertz CT molecular complexity index is 405. The first-order valence-corrected chi connectivity index (χ1v) is 7.67. The van der Waals surface area contributed by atoms with E-state index in [4.69, 9.17) is 11.6 Å². The molecule has 1 N–H and O–H groups in total. The summed E-state index contributed by atoms with van der Waals surface area (Å²) in [5.41, 5.74) is 1.24. The maximum Gasteiger partial charge on any atom is 0.0453 e. The van der Waals surface area contributed by atoms with Crippen LogP contribution in [-0.2, 0) is 0 Å². The van der Waals surface area contributed by atoms with Crippen LogP contribution in [0.2, 0.25) is 5.02 Å². The molecule has 0 aromatic heterocycles. The fourth-order valence-corrected chi connectivity index (χ4v) is 3.23. The van der Waals surface area contributed by atoms with Crippen molar-refractivity contribution in [3.63, 3.8) is 0 Å². The van der Waals surface area contributed by atoms with Crippen LogP contribution in [0.15, 0.2) is 24.3 Å². The van der Waals surface area contributed by atoms with Gasteiger partial charge in [-0.3, -0.25) is 4.90 Å². The molecule has 1 aromatic carbocycles. The molecular formula is C16H25ClN2. The van der Waals surface area contributed by atoms with E-state index in [0.29, 0.717) is 12.1 Å². The summed E-state index contributed by atoms with van der Waals surface area (Å²) in [6.45, 7) is 10.1. The summed E-state index contributed by atoms with van der Waals surface area (Å²) < 4.78 is 0. The molecule has 1 aliphatic heterocycles.